The second kappa shape index (κ2) is 44.7. The van der Waals surface area contributed by atoms with Crippen molar-refractivity contribution < 1.29 is 72.3 Å². The molecule has 2 aromatic carbocycles. The van der Waals surface area contributed by atoms with Crippen LogP contribution in [0.15, 0.2) is 60.7 Å². The van der Waals surface area contributed by atoms with E-state index in [1.54, 1.807) is 89.9 Å². The van der Waals surface area contributed by atoms with Gasteiger partial charge in [0.1, 0.15) is 6.04 Å². The molecule has 584 valence electrons. The van der Waals surface area contributed by atoms with Gasteiger partial charge in [-0.25, -0.2) is 4.79 Å². The molecule has 2 unspecified atom stereocenters. The van der Waals surface area contributed by atoms with Gasteiger partial charge >= 0.3 is 5.97 Å². The number of ether oxygens (including phenoxy) is 4. The number of aliphatic hydroxyl groups is 1. The van der Waals surface area contributed by atoms with Crippen molar-refractivity contribution in [2.24, 2.45) is 59.2 Å². The summed E-state index contributed by atoms with van der Waals surface area (Å²) in [6, 6.07) is 14.4. The van der Waals surface area contributed by atoms with Crippen LogP contribution in [0.2, 0.25) is 0 Å². The molecule has 19 atom stereocenters. The van der Waals surface area contributed by atoms with Crippen molar-refractivity contribution in [1.29, 1.82) is 0 Å². The summed E-state index contributed by atoms with van der Waals surface area (Å²) in [6.07, 6.45) is 1.42. The molecule has 2 heterocycles. The average Bonchev–Trinajstić information content (AvgIpc) is 1.80. The SMILES string of the molecule is CC[C@H](C)[C@@H]([C@@H](CC(=O)N1CCC[C@H]1[C@H](OC)[C@@H](C)C(=O)N[C@@H](Cc1ccccc1)C(=O)O)OC)N(C)C(=O)C(CC(=O)[C@@H](NC)C(C)C)C(C)C.CC[C@H](C)[C@@H]([C@@H](CC(=O)N1CCC[C@H]1[C@H](OC)[C@@H](C)C(=O)N[C@H](C)[C@@H](O)c1ccccc1)OC)N(C)C(=O)C(CC(=O)[C@@H](NC)C(C)C)C(C)C. The molecule has 23 heteroatoms. The molecule has 0 aromatic heterocycles. The van der Waals surface area contributed by atoms with Gasteiger partial charge in [-0.05, 0) is 93.3 Å². The Morgan fingerprint density at radius 1 is 0.524 bits per heavy atom. The van der Waals surface area contributed by atoms with Crippen LogP contribution >= 0.6 is 0 Å². The molecule has 6 amide bonds. The predicted molar refractivity (Wildman–Crippen MR) is 402 cm³/mol. The number of Topliss-reactive ketones (excluding diaryl/α,β-unsaturated/α-hetero) is 2. The van der Waals surface area contributed by atoms with Crippen LogP contribution in [0.4, 0.5) is 0 Å². The van der Waals surface area contributed by atoms with Crippen LogP contribution in [-0.2, 0) is 68.5 Å². The molecule has 0 radical (unpaired) electrons. The van der Waals surface area contributed by atoms with Crippen LogP contribution in [0.3, 0.4) is 0 Å². The molecular weight excluding hydrogens is 1310 g/mol. The van der Waals surface area contributed by atoms with Gasteiger partial charge < -0.3 is 70.0 Å². The minimum Gasteiger partial charge on any atom is -0.480 e. The van der Waals surface area contributed by atoms with E-state index in [1.165, 1.54) is 7.11 Å². The summed E-state index contributed by atoms with van der Waals surface area (Å²) in [6.45, 7) is 30.2. The monoisotopic (exact) mass is 1450 g/mol. The highest BCUT2D eigenvalue weighted by Gasteiger charge is 2.46. The lowest BCUT2D eigenvalue weighted by Gasteiger charge is -2.41. The number of carboxylic acid groups (broad SMARTS) is 1. The van der Waals surface area contributed by atoms with E-state index in [1.807, 2.05) is 130 Å². The van der Waals surface area contributed by atoms with Crippen molar-refractivity contribution in [2.75, 3.05) is 69.7 Å². The number of hydrogen-bond donors (Lipinski definition) is 6. The Kier molecular flexibility index (Phi) is 39.5. The van der Waals surface area contributed by atoms with Crippen molar-refractivity contribution >= 4 is 53.0 Å². The average molecular weight is 1450 g/mol. The van der Waals surface area contributed by atoms with Gasteiger partial charge in [-0.1, -0.05) is 170 Å². The second-order valence-electron chi connectivity index (χ2n) is 30.5. The zero-order valence-corrected chi connectivity index (χ0v) is 66.7. The molecule has 0 spiro atoms. The third kappa shape index (κ3) is 25.5. The van der Waals surface area contributed by atoms with Crippen molar-refractivity contribution in [3.63, 3.8) is 0 Å². The van der Waals surface area contributed by atoms with Gasteiger partial charge in [0, 0.05) is 86.7 Å². The van der Waals surface area contributed by atoms with Crippen LogP contribution < -0.4 is 21.3 Å². The molecule has 0 saturated carbocycles. The normalized spacial score (nSPS) is 19.8. The van der Waals surface area contributed by atoms with E-state index in [0.717, 1.165) is 31.2 Å². The zero-order chi connectivity index (χ0) is 77.9. The van der Waals surface area contributed by atoms with Gasteiger partial charge in [0.25, 0.3) is 0 Å². The van der Waals surface area contributed by atoms with Crippen molar-refractivity contribution in [1.82, 2.24) is 40.9 Å². The Morgan fingerprint density at radius 3 is 1.21 bits per heavy atom. The van der Waals surface area contributed by atoms with Gasteiger partial charge in [-0.3, -0.25) is 38.4 Å². The van der Waals surface area contributed by atoms with Crippen molar-refractivity contribution in [3.8, 4) is 0 Å². The number of likely N-dealkylation sites (N-methyl/N-ethyl adjacent to an activating group) is 4. The number of likely N-dealkylation sites (tertiary alicyclic amines) is 2. The fraction of sp³-hybridized carbons (Fsp3) is 0.738. The highest BCUT2D eigenvalue weighted by Crippen LogP contribution is 2.34. The van der Waals surface area contributed by atoms with E-state index >= 15 is 0 Å². The van der Waals surface area contributed by atoms with E-state index in [4.69, 9.17) is 18.9 Å². The lowest BCUT2D eigenvalue weighted by molar-refractivity contribution is -0.149. The number of benzene rings is 2. The van der Waals surface area contributed by atoms with E-state index in [0.29, 0.717) is 31.5 Å². The predicted octanol–water partition coefficient (Wildman–Crippen LogP) is 8.81. The summed E-state index contributed by atoms with van der Waals surface area (Å²) in [4.78, 5) is 129. The third-order valence-electron chi connectivity index (χ3n) is 22.1. The molecule has 2 aliphatic rings. The number of rotatable bonds is 43. The number of aliphatic carboxylic acids is 1. The van der Waals surface area contributed by atoms with Crippen LogP contribution in [0.5, 0.6) is 0 Å². The van der Waals surface area contributed by atoms with E-state index in [2.05, 4.69) is 35.1 Å². The number of methoxy groups -OCH3 is 4. The lowest BCUT2D eigenvalue weighted by Crippen LogP contribution is -2.55. The number of ketones is 2. The molecule has 4 rings (SSSR count). The molecule has 2 aliphatic heterocycles. The summed E-state index contributed by atoms with van der Waals surface area (Å²) in [7, 11) is 13.2. The fourth-order valence-electron chi connectivity index (χ4n) is 15.5. The molecule has 0 bridgehead atoms. The Bertz CT molecular complexity index is 2940. The summed E-state index contributed by atoms with van der Waals surface area (Å²) < 4.78 is 23.8. The summed E-state index contributed by atoms with van der Waals surface area (Å²) in [5.41, 5.74) is 1.50. The Morgan fingerprint density at radius 2 is 0.893 bits per heavy atom. The Balaban J connectivity index is 0.000000535. The number of carbonyl (C=O) groups is 9. The number of aliphatic hydroxyl groups excluding tert-OH is 1. The van der Waals surface area contributed by atoms with Crippen LogP contribution in [-0.4, -0.2) is 225 Å². The molecule has 2 aromatic rings. The van der Waals surface area contributed by atoms with Gasteiger partial charge in [0.15, 0.2) is 11.6 Å². The second-order valence-corrected chi connectivity index (χ2v) is 30.5. The molecular formula is C80H134N8O15. The number of carbonyl (C=O) groups excluding carboxylic acids is 8. The maximum absolute atomic E-state index is 14.2. The quantitative estimate of drug-likeness (QED) is 0.0361. The van der Waals surface area contributed by atoms with E-state index in [9.17, 15) is 53.4 Å². The third-order valence-corrected chi connectivity index (χ3v) is 22.1. The first-order valence-corrected chi connectivity index (χ1v) is 37.8. The number of nitrogens with one attached hydrogen (secondary N) is 4. The summed E-state index contributed by atoms with van der Waals surface area (Å²) >= 11 is 0. The zero-order valence-electron chi connectivity index (χ0n) is 66.7. The number of hydrogen-bond acceptors (Lipinski definition) is 16. The number of amides is 6. The minimum atomic E-state index is -1.13. The number of carboxylic acids is 1. The molecule has 2 saturated heterocycles. The summed E-state index contributed by atoms with van der Waals surface area (Å²) in [5.74, 6) is -4.74. The molecule has 6 N–H and O–H groups in total. The highest BCUT2D eigenvalue weighted by molar-refractivity contribution is 5.91. The minimum absolute atomic E-state index is 0.00173. The standard InChI is InChI=1S/C40H66N4O8.C40H68N4O7/c1-12-26(6)36(43(9)39(48)29(24(2)3)22-32(45)35(41-8)25(4)5)33(51-10)23-34(46)44-20-16-19-31(44)37(52-11)27(7)38(47)42-30(40(49)50)21-28-17-14-13-15-18-28;1-13-26(6)36(43(10)40(49)30(24(2)3)22-32(45)35(41-9)25(4)5)33(50-11)23-34(46)44-21-17-20-31(44)38(51-12)27(7)39(48)42-28(8)37(47)29-18-15-14-16-19-29/h13-15,17-18,24-27,29-31,33,35-37,41H,12,16,19-23H2,1-11H3,(H,42,47)(H,49,50);14-16,18-19,24-28,30-31,33,35-38,41,47H,13,17,20-23H2,1-12H3,(H,42,48)/t26-,27+,29?,30-,31-,33+,35-,36-,37+;26-,27+,28+,30?,31-,33+,35-,36-,37+,38+/m00/s1. The Labute approximate surface area is 617 Å². The fourth-order valence-corrected chi connectivity index (χ4v) is 15.5. The smallest absolute Gasteiger partial charge is 0.326 e. The van der Waals surface area contributed by atoms with Crippen LogP contribution in [0.1, 0.15) is 185 Å². The van der Waals surface area contributed by atoms with Gasteiger partial charge in [0.2, 0.25) is 35.4 Å². The van der Waals surface area contributed by atoms with Gasteiger partial charge in [-0.15, -0.1) is 0 Å². The lowest BCUT2D eigenvalue weighted by atomic mass is 9.84. The molecule has 2 fully saturated rings. The topological polar surface area (TPSA) is 292 Å². The maximum atomic E-state index is 14.2. The van der Waals surface area contributed by atoms with Gasteiger partial charge in [-0.2, -0.15) is 0 Å². The molecule has 0 aliphatic carbocycles. The molecule has 103 heavy (non-hydrogen) atoms. The van der Waals surface area contributed by atoms with E-state index < -0.39 is 96.3 Å². The van der Waals surface area contributed by atoms with Crippen molar-refractivity contribution in [2.45, 2.75) is 253 Å². The maximum Gasteiger partial charge on any atom is 0.326 e. The number of nitrogens with zero attached hydrogens (tertiary/aromatic N) is 4. The van der Waals surface area contributed by atoms with E-state index in [-0.39, 0.29) is 127 Å². The van der Waals surface area contributed by atoms with Gasteiger partial charge in [0.05, 0.1) is 97.5 Å². The highest BCUT2D eigenvalue weighted by atomic mass is 16.5. The first kappa shape index (κ1) is 91.0. The first-order valence-electron chi connectivity index (χ1n) is 37.8. The van der Waals surface area contributed by atoms with Crippen molar-refractivity contribution in [3.05, 3.63) is 71.8 Å². The van der Waals surface area contributed by atoms with Crippen LogP contribution in [0, 0.1) is 59.2 Å². The first-order chi connectivity index (χ1) is 48.6. The largest absolute Gasteiger partial charge is 0.480 e. The van der Waals surface area contributed by atoms with Crippen LogP contribution in [0.25, 0.3) is 0 Å². The molecule has 23 nitrogen and oxygen atoms in total. The summed E-state index contributed by atoms with van der Waals surface area (Å²) in [5, 5.41) is 32.5. The Hall–Kier alpha value is -6.21.